The standard InChI is InChI=1S/C7H20O2Si2.4CH4/c1-7-11(6,8-2)9-10(3,4)5;;;;/h7H2,1-6H3;4*1H4. The molecule has 0 amide bonds. The van der Waals surface area contributed by atoms with Crippen LogP contribution in [0.4, 0.5) is 0 Å². The molecule has 0 aliphatic heterocycles. The lowest BCUT2D eigenvalue weighted by molar-refractivity contribution is 0.304. The van der Waals surface area contributed by atoms with Crippen molar-refractivity contribution >= 4 is 16.9 Å². The van der Waals surface area contributed by atoms with Crippen LogP contribution in [0.25, 0.3) is 0 Å². The van der Waals surface area contributed by atoms with Gasteiger partial charge in [-0.3, -0.25) is 0 Å². The molecule has 0 aromatic heterocycles. The Labute approximate surface area is 102 Å². The zero-order chi connectivity index (χ0) is 9.12. The largest absolute Gasteiger partial charge is 0.436 e. The Bertz CT molecular complexity index is 118. The summed E-state index contributed by atoms with van der Waals surface area (Å²) in [4.78, 5) is 0. The zero-order valence-corrected chi connectivity index (χ0v) is 10.5. The van der Waals surface area contributed by atoms with Crippen molar-refractivity contribution in [1.82, 2.24) is 0 Å². The predicted octanol–water partition coefficient (Wildman–Crippen LogP) is 5.12. The molecule has 0 heterocycles. The summed E-state index contributed by atoms with van der Waals surface area (Å²) < 4.78 is 11.4. The minimum absolute atomic E-state index is 0. The lowest BCUT2D eigenvalue weighted by Gasteiger charge is -2.31. The molecule has 100 valence electrons. The van der Waals surface area contributed by atoms with Crippen molar-refractivity contribution in [3.63, 3.8) is 0 Å². The highest BCUT2D eigenvalue weighted by atomic mass is 28.4. The molecule has 15 heavy (non-hydrogen) atoms. The van der Waals surface area contributed by atoms with Crippen LogP contribution >= 0.6 is 0 Å². The Hall–Kier alpha value is 0.354. The van der Waals surface area contributed by atoms with E-state index in [1.807, 2.05) is 0 Å². The molecule has 0 fully saturated rings. The van der Waals surface area contributed by atoms with E-state index < -0.39 is 16.9 Å². The minimum Gasteiger partial charge on any atom is -0.436 e. The van der Waals surface area contributed by atoms with Gasteiger partial charge in [0.25, 0.3) is 0 Å². The summed E-state index contributed by atoms with van der Waals surface area (Å²) in [5.41, 5.74) is 0. The second-order valence-electron chi connectivity index (χ2n) is 3.91. The first-order valence-electron chi connectivity index (χ1n) is 4.08. The van der Waals surface area contributed by atoms with Crippen LogP contribution < -0.4 is 0 Å². The van der Waals surface area contributed by atoms with E-state index in [0.29, 0.717) is 0 Å². The average molecular weight is 257 g/mol. The van der Waals surface area contributed by atoms with E-state index in [-0.39, 0.29) is 29.7 Å². The molecule has 0 aromatic rings. The fourth-order valence-electron chi connectivity index (χ4n) is 0.906. The minimum atomic E-state index is -1.77. The van der Waals surface area contributed by atoms with Gasteiger partial charge in [0, 0.05) is 7.11 Å². The number of rotatable bonds is 4. The summed E-state index contributed by atoms with van der Waals surface area (Å²) >= 11 is 0. The van der Waals surface area contributed by atoms with Crippen molar-refractivity contribution < 1.29 is 8.54 Å². The fraction of sp³-hybridized carbons (Fsp3) is 1.00. The van der Waals surface area contributed by atoms with Crippen LogP contribution in [0.5, 0.6) is 0 Å². The monoisotopic (exact) mass is 256 g/mol. The first-order chi connectivity index (χ1) is 4.83. The van der Waals surface area contributed by atoms with Crippen molar-refractivity contribution in [2.75, 3.05) is 7.11 Å². The first-order valence-corrected chi connectivity index (χ1v) is 10.0. The first kappa shape index (κ1) is 29.5. The van der Waals surface area contributed by atoms with Gasteiger partial charge < -0.3 is 8.54 Å². The van der Waals surface area contributed by atoms with Crippen LogP contribution in [-0.2, 0) is 8.54 Å². The molecule has 1 atom stereocenters. The molecule has 0 radical (unpaired) electrons. The second kappa shape index (κ2) is 10.9. The van der Waals surface area contributed by atoms with Crippen molar-refractivity contribution in [1.29, 1.82) is 0 Å². The smallest absolute Gasteiger partial charge is 0.324 e. The Kier molecular flexibility index (Phi) is 21.4. The van der Waals surface area contributed by atoms with Crippen molar-refractivity contribution in [3.8, 4) is 0 Å². The lowest BCUT2D eigenvalue weighted by atomic mass is 11.0. The third kappa shape index (κ3) is 14.4. The molecule has 0 spiro atoms. The predicted molar refractivity (Wildman–Crippen MR) is 80.5 cm³/mol. The Morgan fingerprint density at radius 3 is 1.27 bits per heavy atom. The van der Waals surface area contributed by atoms with Crippen molar-refractivity contribution in [3.05, 3.63) is 0 Å². The molecule has 0 saturated carbocycles. The molecule has 1 unspecified atom stereocenters. The SMILES string of the molecule is C.C.C.C.CC[Si](C)(OC)O[Si](C)(C)C. The van der Waals surface area contributed by atoms with Crippen LogP contribution in [-0.4, -0.2) is 24.0 Å². The van der Waals surface area contributed by atoms with Crippen LogP contribution in [0.3, 0.4) is 0 Å². The van der Waals surface area contributed by atoms with E-state index in [2.05, 4.69) is 33.1 Å². The van der Waals surface area contributed by atoms with E-state index in [1.165, 1.54) is 0 Å². The van der Waals surface area contributed by atoms with Crippen molar-refractivity contribution in [2.24, 2.45) is 0 Å². The normalized spacial score (nSPS) is 13.2. The van der Waals surface area contributed by atoms with E-state index in [1.54, 1.807) is 7.11 Å². The molecule has 0 N–H and O–H groups in total. The Balaban J connectivity index is -0.0000000833. The molecule has 2 nitrogen and oxygen atoms in total. The topological polar surface area (TPSA) is 18.5 Å². The summed E-state index contributed by atoms with van der Waals surface area (Å²) in [7, 11) is -1.41. The van der Waals surface area contributed by atoms with Crippen LogP contribution in [0, 0.1) is 0 Å². The maximum Gasteiger partial charge on any atom is 0.324 e. The molecule has 0 aliphatic carbocycles. The molecule has 0 aromatic carbocycles. The summed E-state index contributed by atoms with van der Waals surface area (Å²) in [5.74, 6) is 0. The molecule has 4 heteroatoms. The highest BCUT2D eigenvalue weighted by molar-refractivity contribution is 6.81. The third-order valence-corrected chi connectivity index (χ3v) is 7.92. The Morgan fingerprint density at radius 1 is 0.867 bits per heavy atom. The van der Waals surface area contributed by atoms with Gasteiger partial charge in [-0.25, -0.2) is 0 Å². The van der Waals surface area contributed by atoms with Crippen LogP contribution in [0.1, 0.15) is 36.6 Å². The van der Waals surface area contributed by atoms with Crippen molar-refractivity contribution in [2.45, 2.75) is 68.9 Å². The van der Waals surface area contributed by atoms with E-state index in [0.717, 1.165) is 6.04 Å². The van der Waals surface area contributed by atoms with Gasteiger partial charge in [0.15, 0.2) is 8.32 Å². The van der Waals surface area contributed by atoms with E-state index >= 15 is 0 Å². The van der Waals surface area contributed by atoms with Gasteiger partial charge in [-0.2, -0.15) is 0 Å². The van der Waals surface area contributed by atoms with Gasteiger partial charge in [0.1, 0.15) is 0 Å². The number of hydrogen-bond acceptors (Lipinski definition) is 2. The highest BCUT2D eigenvalue weighted by Crippen LogP contribution is 2.17. The quantitative estimate of drug-likeness (QED) is 0.650. The van der Waals surface area contributed by atoms with Gasteiger partial charge >= 0.3 is 8.56 Å². The lowest BCUT2D eigenvalue weighted by Crippen LogP contribution is -2.45. The third-order valence-electron chi connectivity index (χ3n) is 1.60. The number of hydrogen-bond donors (Lipinski definition) is 0. The van der Waals surface area contributed by atoms with Crippen LogP contribution in [0.15, 0.2) is 0 Å². The second-order valence-corrected chi connectivity index (χ2v) is 12.3. The van der Waals surface area contributed by atoms with E-state index in [4.69, 9.17) is 8.54 Å². The highest BCUT2D eigenvalue weighted by Gasteiger charge is 2.33. The van der Waals surface area contributed by atoms with Gasteiger partial charge in [0.05, 0.1) is 0 Å². The molecule has 0 saturated heterocycles. The van der Waals surface area contributed by atoms with Crippen LogP contribution in [0.2, 0.25) is 32.2 Å². The van der Waals surface area contributed by atoms with E-state index in [9.17, 15) is 0 Å². The maximum atomic E-state index is 5.98. The fourth-order valence-corrected chi connectivity index (χ4v) is 7.29. The molecule has 0 bridgehead atoms. The average Bonchev–Trinajstić information content (AvgIpc) is 1.84. The summed E-state index contributed by atoms with van der Waals surface area (Å²) in [6.07, 6.45) is 0. The summed E-state index contributed by atoms with van der Waals surface area (Å²) in [6, 6.07) is 1.04. The maximum absolute atomic E-state index is 5.98. The zero-order valence-electron chi connectivity index (χ0n) is 8.52. The molecule has 0 rings (SSSR count). The summed E-state index contributed by atoms with van der Waals surface area (Å²) in [5, 5.41) is 0. The van der Waals surface area contributed by atoms with Gasteiger partial charge in [-0.15, -0.1) is 0 Å². The Morgan fingerprint density at radius 2 is 1.20 bits per heavy atom. The van der Waals surface area contributed by atoms with Gasteiger partial charge in [-0.1, -0.05) is 36.6 Å². The molecule has 0 aliphatic rings. The molecular formula is C11H36O2Si2. The van der Waals surface area contributed by atoms with Gasteiger partial charge in [-0.05, 0) is 32.2 Å². The van der Waals surface area contributed by atoms with Gasteiger partial charge in [0.2, 0.25) is 0 Å². The molecular weight excluding hydrogens is 220 g/mol. The summed E-state index contributed by atoms with van der Waals surface area (Å²) in [6.45, 7) is 10.9.